The van der Waals surface area contributed by atoms with Crippen molar-refractivity contribution in [3.05, 3.63) is 29.8 Å². The molecule has 2 rings (SSSR count). The van der Waals surface area contributed by atoms with E-state index >= 15 is 0 Å². The topological polar surface area (TPSA) is 21.3 Å². The minimum absolute atomic E-state index is 0.212. The first kappa shape index (κ1) is 10.4. The summed E-state index contributed by atoms with van der Waals surface area (Å²) in [5, 5.41) is 3.20. The molecular weight excluding hydrogens is 200 g/mol. The molecule has 0 amide bonds. The summed E-state index contributed by atoms with van der Waals surface area (Å²) in [6, 6.07) is 3.93. The standard InChI is InChI=1S/C11H13F2NO/c12-9-4-1-5-10(13)11(9)15-7-8-3-2-6-14-8/h1,4-5,8,14H,2-3,6-7H2/t8-/m0/s1. The highest BCUT2D eigenvalue weighted by Crippen LogP contribution is 2.21. The average molecular weight is 213 g/mol. The zero-order valence-corrected chi connectivity index (χ0v) is 8.30. The first-order chi connectivity index (χ1) is 7.27. The minimum atomic E-state index is -0.645. The van der Waals surface area contributed by atoms with E-state index in [1.165, 1.54) is 18.2 Å². The van der Waals surface area contributed by atoms with Crippen LogP contribution in [-0.2, 0) is 0 Å². The molecule has 1 aliphatic rings. The molecule has 0 aliphatic carbocycles. The maximum atomic E-state index is 13.1. The van der Waals surface area contributed by atoms with Crippen molar-refractivity contribution in [1.82, 2.24) is 5.32 Å². The molecule has 1 aromatic carbocycles. The minimum Gasteiger partial charge on any atom is -0.486 e. The van der Waals surface area contributed by atoms with Gasteiger partial charge in [-0.05, 0) is 31.5 Å². The Kier molecular flexibility index (Phi) is 3.16. The number of ether oxygens (including phenoxy) is 1. The van der Waals surface area contributed by atoms with Gasteiger partial charge in [0.15, 0.2) is 17.4 Å². The summed E-state index contributed by atoms with van der Waals surface area (Å²) < 4.78 is 31.4. The first-order valence-corrected chi connectivity index (χ1v) is 5.07. The molecule has 1 aliphatic heterocycles. The summed E-state index contributed by atoms with van der Waals surface area (Å²) in [5.41, 5.74) is 0. The molecule has 0 aromatic heterocycles. The zero-order chi connectivity index (χ0) is 10.7. The van der Waals surface area contributed by atoms with E-state index in [1.807, 2.05) is 0 Å². The molecule has 0 bridgehead atoms. The number of nitrogens with one attached hydrogen (secondary N) is 1. The Bertz CT molecular complexity index is 317. The van der Waals surface area contributed by atoms with Crippen LogP contribution in [-0.4, -0.2) is 19.2 Å². The normalized spacial score (nSPS) is 20.5. The fraction of sp³-hybridized carbons (Fsp3) is 0.455. The molecule has 0 spiro atoms. The Morgan fingerprint density at radius 3 is 2.67 bits per heavy atom. The van der Waals surface area contributed by atoms with Crippen molar-refractivity contribution in [3.63, 3.8) is 0 Å². The summed E-state index contributed by atoms with van der Waals surface area (Å²) in [5.74, 6) is -1.56. The van der Waals surface area contributed by atoms with Crippen molar-refractivity contribution >= 4 is 0 Å². The Morgan fingerprint density at radius 2 is 2.07 bits per heavy atom. The van der Waals surface area contributed by atoms with E-state index < -0.39 is 11.6 Å². The molecule has 15 heavy (non-hydrogen) atoms. The van der Waals surface area contributed by atoms with Crippen LogP contribution >= 0.6 is 0 Å². The second kappa shape index (κ2) is 4.57. The molecule has 82 valence electrons. The van der Waals surface area contributed by atoms with Crippen LogP contribution in [0.5, 0.6) is 5.75 Å². The van der Waals surface area contributed by atoms with Gasteiger partial charge in [0.1, 0.15) is 6.61 Å². The summed E-state index contributed by atoms with van der Waals surface area (Å²) in [4.78, 5) is 0. The van der Waals surface area contributed by atoms with E-state index in [2.05, 4.69) is 5.32 Å². The summed E-state index contributed by atoms with van der Waals surface area (Å²) in [6.45, 7) is 1.27. The predicted octanol–water partition coefficient (Wildman–Crippen LogP) is 2.10. The van der Waals surface area contributed by atoms with Crippen LogP contribution in [0.3, 0.4) is 0 Å². The first-order valence-electron chi connectivity index (χ1n) is 5.07. The quantitative estimate of drug-likeness (QED) is 0.830. The van der Waals surface area contributed by atoms with Crippen molar-refractivity contribution < 1.29 is 13.5 Å². The van der Waals surface area contributed by atoms with Gasteiger partial charge in [-0.1, -0.05) is 6.07 Å². The third-order valence-corrected chi connectivity index (χ3v) is 2.51. The molecule has 0 radical (unpaired) electrons. The zero-order valence-electron chi connectivity index (χ0n) is 8.30. The van der Waals surface area contributed by atoms with Crippen molar-refractivity contribution in [3.8, 4) is 5.75 Å². The van der Waals surface area contributed by atoms with Gasteiger partial charge in [0.2, 0.25) is 0 Å². The lowest BCUT2D eigenvalue weighted by molar-refractivity contribution is 0.253. The molecule has 1 heterocycles. The Morgan fingerprint density at radius 1 is 1.33 bits per heavy atom. The van der Waals surface area contributed by atoms with Crippen LogP contribution in [0, 0.1) is 11.6 Å². The molecule has 1 N–H and O–H groups in total. The molecule has 0 saturated carbocycles. The largest absolute Gasteiger partial charge is 0.486 e. The third-order valence-electron chi connectivity index (χ3n) is 2.51. The Hall–Kier alpha value is -1.16. The van der Waals surface area contributed by atoms with Crippen LogP contribution in [0.2, 0.25) is 0 Å². The second-order valence-electron chi connectivity index (χ2n) is 3.66. The smallest absolute Gasteiger partial charge is 0.190 e. The van der Waals surface area contributed by atoms with Gasteiger partial charge in [-0.15, -0.1) is 0 Å². The van der Waals surface area contributed by atoms with E-state index in [0.717, 1.165) is 19.4 Å². The third kappa shape index (κ3) is 2.45. The van der Waals surface area contributed by atoms with Crippen molar-refractivity contribution in [2.45, 2.75) is 18.9 Å². The van der Waals surface area contributed by atoms with Gasteiger partial charge in [0.05, 0.1) is 0 Å². The number of hydrogen-bond acceptors (Lipinski definition) is 2. The van der Waals surface area contributed by atoms with Gasteiger partial charge in [-0.2, -0.15) is 0 Å². The highest BCUT2D eigenvalue weighted by atomic mass is 19.1. The van der Waals surface area contributed by atoms with E-state index in [9.17, 15) is 8.78 Å². The van der Waals surface area contributed by atoms with E-state index in [0.29, 0.717) is 6.61 Å². The van der Waals surface area contributed by atoms with Crippen molar-refractivity contribution in [1.29, 1.82) is 0 Å². The van der Waals surface area contributed by atoms with E-state index in [1.54, 1.807) is 0 Å². The van der Waals surface area contributed by atoms with Crippen LogP contribution in [0.4, 0.5) is 8.78 Å². The summed E-state index contributed by atoms with van der Waals surface area (Å²) >= 11 is 0. The van der Waals surface area contributed by atoms with E-state index in [-0.39, 0.29) is 11.8 Å². The monoisotopic (exact) mass is 213 g/mol. The van der Waals surface area contributed by atoms with Crippen LogP contribution in [0.25, 0.3) is 0 Å². The van der Waals surface area contributed by atoms with Crippen molar-refractivity contribution in [2.75, 3.05) is 13.2 Å². The molecule has 2 nitrogen and oxygen atoms in total. The van der Waals surface area contributed by atoms with Gasteiger partial charge in [-0.3, -0.25) is 0 Å². The van der Waals surface area contributed by atoms with Gasteiger partial charge in [0.25, 0.3) is 0 Å². The number of benzene rings is 1. The SMILES string of the molecule is Fc1cccc(F)c1OC[C@@H]1CCCN1. The summed E-state index contributed by atoms with van der Waals surface area (Å²) in [7, 11) is 0. The lowest BCUT2D eigenvalue weighted by atomic mass is 10.2. The van der Waals surface area contributed by atoms with Crippen molar-refractivity contribution in [2.24, 2.45) is 0 Å². The van der Waals surface area contributed by atoms with Crippen LogP contribution < -0.4 is 10.1 Å². The van der Waals surface area contributed by atoms with Crippen LogP contribution in [0.1, 0.15) is 12.8 Å². The van der Waals surface area contributed by atoms with Gasteiger partial charge in [-0.25, -0.2) is 8.78 Å². The predicted molar refractivity (Wildman–Crippen MR) is 52.9 cm³/mol. The number of halogens is 2. The molecule has 1 saturated heterocycles. The number of para-hydroxylation sites is 1. The maximum Gasteiger partial charge on any atom is 0.190 e. The highest BCUT2D eigenvalue weighted by molar-refractivity contribution is 5.26. The second-order valence-corrected chi connectivity index (χ2v) is 3.66. The molecule has 1 aromatic rings. The van der Waals surface area contributed by atoms with Crippen LogP contribution in [0.15, 0.2) is 18.2 Å². The fourth-order valence-corrected chi connectivity index (χ4v) is 1.70. The molecule has 0 unspecified atom stereocenters. The molecule has 1 atom stereocenters. The average Bonchev–Trinajstić information content (AvgIpc) is 2.70. The van der Waals surface area contributed by atoms with Gasteiger partial charge >= 0.3 is 0 Å². The molecule has 4 heteroatoms. The molecule has 1 fully saturated rings. The Balaban J connectivity index is 1.97. The number of hydrogen-bond donors (Lipinski definition) is 1. The fourth-order valence-electron chi connectivity index (χ4n) is 1.70. The van der Waals surface area contributed by atoms with E-state index in [4.69, 9.17) is 4.74 Å². The summed E-state index contributed by atoms with van der Waals surface area (Å²) in [6.07, 6.45) is 2.09. The van der Waals surface area contributed by atoms with Gasteiger partial charge in [0, 0.05) is 6.04 Å². The van der Waals surface area contributed by atoms with Gasteiger partial charge < -0.3 is 10.1 Å². The number of rotatable bonds is 3. The maximum absolute atomic E-state index is 13.1. The lowest BCUT2D eigenvalue weighted by Gasteiger charge is -2.12. The molecular formula is C11H13F2NO. The Labute approximate surface area is 87.2 Å². The lowest BCUT2D eigenvalue weighted by Crippen LogP contribution is -2.28. The highest BCUT2D eigenvalue weighted by Gasteiger charge is 2.16.